The van der Waals surface area contributed by atoms with Crippen molar-refractivity contribution in [1.29, 1.82) is 10.5 Å². The van der Waals surface area contributed by atoms with Crippen molar-refractivity contribution in [3.8, 4) is 12.1 Å². The molecule has 41 heavy (non-hydrogen) atoms. The minimum absolute atomic E-state index is 0.0754. The zero-order chi connectivity index (χ0) is 29.4. The molecule has 0 radical (unpaired) electrons. The number of thioether (sulfide) groups is 1. The van der Waals surface area contributed by atoms with E-state index < -0.39 is 11.2 Å². The molecular weight excluding hydrogens is 536 g/mol. The van der Waals surface area contributed by atoms with Gasteiger partial charge in [-0.15, -0.1) is 0 Å². The molecule has 1 aliphatic rings. The average molecular weight is 569 g/mol. The Labute approximate surface area is 244 Å². The molecular formula is C31H32N6O3S. The van der Waals surface area contributed by atoms with E-state index in [-0.39, 0.29) is 18.0 Å². The van der Waals surface area contributed by atoms with Crippen molar-refractivity contribution >= 4 is 29.3 Å². The van der Waals surface area contributed by atoms with E-state index in [9.17, 15) is 25.2 Å². The van der Waals surface area contributed by atoms with Gasteiger partial charge in [0.15, 0.2) is 5.78 Å². The van der Waals surface area contributed by atoms with Crippen LogP contribution in [0.15, 0.2) is 59.6 Å². The van der Waals surface area contributed by atoms with Gasteiger partial charge in [0.25, 0.3) is 0 Å². The largest absolute Gasteiger partial charge is 0.395 e. The first-order valence-corrected chi connectivity index (χ1v) is 14.4. The zero-order valence-corrected chi connectivity index (χ0v) is 23.7. The van der Waals surface area contributed by atoms with Crippen LogP contribution in [-0.4, -0.2) is 66.0 Å². The third-order valence-electron chi connectivity index (χ3n) is 7.11. The molecule has 2 heterocycles. The highest BCUT2D eigenvalue weighted by Gasteiger charge is 2.28. The number of β-amino-alcohol motifs (C(OH)–C–C–N with tert-alkyl or cyclic N) is 1. The molecule has 3 aromatic rings. The Morgan fingerprint density at radius 3 is 2.41 bits per heavy atom. The number of nitrogens with two attached hydrogens (primary N) is 1. The number of nitrogens with zero attached hydrogens (tertiary/aromatic N) is 5. The average Bonchev–Trinajstić information content (AvgIpc) is 3.24. The predicted octanol–water partition coefficient (Wildman–Crippen LogP) is 3.44. The Hall–Kier alpha value is -4.22. The minimum Gasteiger partial charge on any atom is -0.395 e. The summed E-state index contributed by atoms with van der Waals surface area (Å²) in [5, 5.41) is 29.0. The smallest absolute Gasteiger partial charge is 0.235 e. The van der Waals surface area contributed by atoms with Crippen molar-refractivity contribution in [2.24, 2.45) is 5.73 Å². The van der Waals surface area contributed by atoms with Crippen LogP contribution in [0.3, 0.4) is 0 Å². The number of amides is 1. The van der Waals surface area contributed by atoms with Gasteiger partial charge < -0.3 is 15.7 Å². The molecule has 0 aliphatic carbocycles. The van der Waals surface area contributed by atoms with Crippen LogP contribution in [0.5, 0.6) is 0 Å². The van der Waals surface area contributed by atoms with Crippen LogP contribution in [0, 0.1) is 22.7 Å². The summed E-state index contributed by atoms with van der Waals surface area (Å²) >= 11 is 1.06. The number of nitriles is 2. The lowest BCUT2D eigenvalue weighted by Gasteiger charge is -2.26. The number of primary amides is 1. The quantitative estimate of drug-likeness (QED) is 0.277. The second kappa shape index (κ2) is 13.9. The van der Waals surface area contributed by atoms with Crippen LogP contribution >= 0.6 is 11.8 Å². The molecule has 4 rings (SSSR count). The normalized spacial score (nSPS) is 14.5. The molecule has 1 atom stereocenters. The first-order valence-electron chi connectivity index (χ1n) is 13.5. The van der Waals surface area contributed by atoms with Crippen molar-refractivity contribution in [2.75, 3.05) is 44.2 Å². The summed E-state index contributed by atoms with van der Waals surface area (Å²) in [6, 6.07) is 20.1. The maximum atomic E-state index is 13.1. The molecule has 1 aromatic heterocycles. The van der Waals surface area contributed by atoms with Gasteiger partial charge in [-0.05, 0) is 36.6 Å². The number of ketones is 1. The highest BCUT2D eigenvalue weighted by Crippen LogP contribution is 2.40. The number of benzene rings is 2. The molecule has 1 saturated heterocycles. The molecule has 10 heteroatoms. The van der Waals surface area contributed by atoms with E-state index in [0.29, 0.717) is 71.3 Å². The minimum atomic E-state index is -0.923. The highest BCUT2D eigenvalue weighted by atomic mass is 32.2. The van der Waals surface area contributed by atoms with E-state index in [4.69, 9.17) is 10.7 Å². The van der Waals surface area contributed by atoms with Crippen molar-refractivity contribution in [1.82, 2.24) is 9.88 Å². The number of carbonyl (C=O) groups excluding carboxylic acids is 2. The van der Waals surface area contributed by atoms with Crippen molar-refractivity contribution in [3.63, 3.8) is 0 Å². The molecule has 1 amide bonds. The molecule has 9 nitrogen and oxygen atoms in total. The highest BCUT2D eigenvalue weighted by molar-refractivity contribution is 8.00. The van der Waals surface area contributed by atoms with Crippen LogP contribution in [0.25, 0.3) is 0 Å². The number of carbonyl (C=O) groups is 2. The number of aliphatic hydroxyl groups excluding tert-OH is 1. The molecule has 0 bridgehead atoms. The molecule has 3 N–H and O–H groups in total. The van der Waals surface area contributed by atoms with Gasteiger partial charge in [0, 0.05) is 37.3 Å². The topological polar surface area (TPSA) is 147 Å². The summed E-state index contributed by atoms with van der Waals surface area (Å²) in [5.74, 6) is -0.335. The standard InChI is InChI=1S/C31H32N6O3S/c1-2-24-25(19-32)30(37-13-7-12-36(14-15-37)16-17-38)35-31(26(24)20-33)41-28(29(34)40)23-11-6-10-22(18-23)27(39)21-8-4-3-5-9-21/h3-6,8-11,18,28,38H,2,7,12-17H2,1H3,(H2,34,40). The van der Waals surface area contributed by atoms with Gasteiger partial charge in [0.05, 0.1) is 17.7 Å². The summed E-state index contributed by atoms with van der Waals surface area (Å²) in [6.07, 6.45) is 1.25. The van der Waals surface area contributed by atoms with Gasteiger partial charge >= 0.3 is 0 Å². The fourth-order valence-electron chi connectivity index (χ4n) is 5.05. The van der Waals surface area contributed by atoms with Gasteiger partial charge in [-0.2, -0.15) is 10.5 Å². The summed E-state index contributed by atoms with van der Waals surface area (Å²) in [5.41, 5.74) is 8.52. The third-order valence-corrected chi connectivity index (χ3v) is 8.36. The van der Waals surface area contributed by atoms with E-state index in [1.807, 2.05) is 17.9 Å². The van der Waals surface area contributed by atoms with Crippen molar-refractivity contribution < 1.29 is 14.7 Å². The third kappa shape index (κ3) is 6.75. The summed E-state index contributed by atoms with van der Waals surface area (Å²) < 4.78 is 0. The summed E-state index contributed by atoms with van der Waals surface area (Å²) in [7, 11) is 0. The SMILES string of the molecule is CCc1c(C#N)c(SC(C(N)=O)c2cccc(C(=O)c3ccccc3)c2)nc(N2CCCN(CCO)CC2)c1C#N. The lowest BCUT2D eigenvalue weighted by atomic mass is 10.00. The van der Waals surface area contributed by atoms with Crippen LogP contribution in [0.4, 0.5) is 5.82 Å². The number of rotatable bonds is 10. The number of hydrogen-bond donors (Lipinski definition) is 2. The number of pyridine rings is 1. The van der Waals surface area contributed by atoms with Gasteiger partial charge in [-0.25, -0.2) is 4.98 Å². The Kier molecular flexibility index (Phi) is 10.1. The fourth-order valence-corrected chi connectivity index (χ4v) is 6.09. The summed E-state index contributed by atoms with van der Waals surface area (Å²) in [6.45, 7) is 5.31. The number of aliphatic hydroxyl groups is 1. The molecule has 0 spiro atoms. The van der Waals surface area contributed by atoms with Gasteiger partial charge in [0.1, 0.15) is 28.2 Å². The zero-order valence-electron chi connectivity index (χ0n) is 22.9. The number of hydrogen-bond acceptors (Lipinski definition) is 9. The Balaban J connectivity index is 1.74. The van der Waals surface area contributed by atoms with Crippen LogP contribution < -0.4 is 10.6 Å². The van der Waals surface area contributed by atoms with Gasteiger partial charge in [-0.1, -0.05) is 67.2 Å². The fraction of sp³-hybridized carbons (Fsp3) is 0.323. The molecule has 1 aliphatic heterocycles. The van der Waals surface area contributed by atoms with Gasteiger partial charge in [0.2, 0.25) is 5.91 Å². The molecule has 2 aromatic carbocycles. The Bertz CT molecular complexity index is 1500. The Morgan fingerprint density at radius 1 is 1.02 bits per heavy atom. The van der Waals surface area contributed by atoms with E-state index in [1.165, 1.54) is 0 Å². The second-order valence-corrected chi connectivity index (χ2v) is 10.8. The second-order valence-electron chi connectivity index (χ2n) is 9.67. The maximum Gasteiger partial charge on any atom is 0.235 e. The predicted molar refractivity (Wildman–Crippen MR) is 158 cm³/mol. The van der Waals surface area contributed by atoms with Gasteiger partial charge in [-0.3, -0.25) is 14.5 Å². The monoisotopic (exact) mass is 568 g/mol. The first-order chi connectivity index (χ1) is 19.9. The maximum absolute atomic E-state index is 13.1. The number of aromatic nitrogens is 1. The van der Waals surface area contributed by atoms with Crippen LogP contribution in [0.1, 0.15) is 56.8 Å². The molecule has 0 saturated carbocycles. The molecule has 1 unspecified atom stereocenters. The Morgan fingerprint density at radius 2 is 1.76 bits per heavy atom. The summed E-state index contributed by atoms with van der Waals surface area (Å²) in [4.78, 5) is 34.9. The van der Waals surface area contributed by atoms with Crippen molar-refractivity contribution in [2.45, 2.75) is 30.0 Å². The lowest BCUT2D eigenvalue weighted by molar-refractivity contribution is -0.117. The molecule has 210 valence electrons. The van der Waals surface area contributed by atoms with Crippen molar-refractivity contribution in [3.05, 3.63) is 88.0 Å². The van der Waals surface area contributed by atoms with E-state index in [0.717, 1.165) is 24.7 Å². The first kappa shape index (κ1) is 29.8. The van der Waals surface area contributed by atoms with E-state index in [2.05, 4.69) is 17.0 Å². The van der Waals surface area contributed by atoms with Crippen LogP contribution in [0.2, 0.25) is 0 Å². The van der Waals surface area contributed by atoms with E-state index in [1.54, 1.807) is 48.5 Å². The number of anilines is 1. The lowest BCUT2D eigenvalue weighted by Crippen LogP contribution is -2.33. The van der Waals surface area contributed by atoms with Crippen LogP contribution in [-0.2, 0) is 11.2 Å². The molecule has 1 fully saturated rings. The van der Waals surface area contributed by atoms with E-state index >= 15 is 0 Å².